The van der Waals surface area contributed by atoms with Crippen molar-refractivity contribution in [2.45, 2.75) is 32.4 Å². The first-order valence-electron chi connectivity index (χ1n) is 6.75. The van der Waals surface area contributed by atoms with Gasteiger partial charge < -0.3 is 30.6 Å². The number of nitrogens with zero attached hydrogens (tertiary/aromatic N) is 2. The lowest BCUT2D eigenvalue weighted by molar-refractivity contribution is -0.388. The highest BCUT2D eigenvalue weighted by atomic mass is 79.9. The van der Waals surface area contributed by atoms with Crippen molar-refractivity contribution in [1.29, 1.82) is 0 Å². The lowest BCUT2D eigenvalue weighted by Gasteiger charge is -2.22. The Morgan fingerprint density at radius 3 is 2.62 bits per heavy atom. The van der Waals surface area contributed by atoms with E-state index >= 15 is 0 Å². The van der Waals surface area contributed by atoms with E-state index in [0.717, 1.165) is 0 Å². The molecule has 1 amide bonds. The van der Waals surface area contributed by atoms with Crippen LogP contribution in [0.4, 0.5) is 16.3 Å². The van der Waals surface area contributed by atoms with Gasteiger partial charge in [-0.1, -0.05) is 0 Å². The molecule has 10 nitrogen and oxygen atoms in total. The van der Waals surface area contributed by atoms with Crippen molar-refractivity contribution in [3.05, 3.63) is 26.9 Å². The first-order valence-corrected chi connectivity index (χ1v) is 7.55. The summed E-state index contributed by atoms with van der Waals surface area (Å²) in [5, 5.41) is 24.9. The summed E-state index contributed by atoms with van der Waals surface area (Å²) < 4.78 is 5.46. The molecule has 0 bridgehead atoms. The molecule has 24 heavy (non-hydrogen) atoms. The van der Waals surface area contributed by atoms with Gasteiger partial charge in [-0.15, -0.1) is 0 Å². The van der Waals surface area contributed by atoms with E-state index in [4.69, 9.17) is 9.84 Å². The monoisotopic (exact) mass is 404 g/mol. The Labute approximate surface area is 145 Å². The number of amides is 1. The van der Waals surface area contributed by atoms with Crippen molar-refractivity contribution in [2.24, 2.45) is 0 Å². The zero-order chi connectivity index (χ0) is 18.5. The molecule has 0 unspecified atom stereocenters. The number of pyridine rings is 1. The number of aliphatic carboxylic acids is 1. The van der Waals surface area contributed by atoms with Crippen LogP contribution < -0.4 is 10.6 Å². The maximum Gasteiger partial charge on any atom is 0.408 e. The Balaban J connectivity index is 2.81. The zero-order valence-electron chi connectivity index (χ0n) is 13.2. The van der Waals surface area contributed by atoms with Gasteiger partial charge in [-0.3, -0.25) is 0 Å². The summed E-state index contributed by atoms with van der Waals surface area (Å²) in [5.74, 6) is -1.78. The smallest absolute Gasteiger partial charge is 0.408 e. The number of carboxylic acid groups (broad SMARTS) is 1. The fourth-order valence-corrected chi connectivity index (χ4v) is 1.90. The average Bonchev–Trinajstić information content (AvgIpc) is 2.40. The summed E-state index contributed by atoms with van der Waals surface area (Å²) in [5.41, 5.74) is -0.764. The Morgan fingerprint density at radius 2 is 2.12 bits per heavy atom. The SMILES string of the molecule is CC(C)(C)OC(=O)N[C@@H](CNc1cc(Br)cnc1[N+](=O)[O-])C(=O)O. The number of carbonyl (C=O) groups excluding carboxylic acids is 1. The van der Waals surface area contributed by atoms with Crippen LogP contribution in [0.15, 0.2) is 16.7 Å². The van der Waals surface area contributed by atoms with Gasteiger partial charge in [0, 0.05) is 6.54 Å². The molecular formula is C13H17BrN4O6. The van der Waals surface area contributed by atoms with Crippen LogP contribution in [0.3, 0.4) is 0 Å². The molecule has 0 aromatic carbocycles. The molecule has 0 fully saturated rings. The molecule has 1 rings (SSSR count). The average molecular weight is 405 g/mol. The van der Waals surface area contributed by atoms with Crippen LogP contribution >= 0.6 is 15.9 Å². The van der Waals surface area contributed by atoms with Gasteiger partial charge in [0.25, 0.3) is 0 Å². The number of nitrogens with one attached hydrogen (secondary N) is 2. The van der Waals surface area contributed by atoms with Gasteiger partial charge in [0.05, 0.1) is 4.47 Å². The minimum absolute atomic E-state index is 0.0200. The maximum atomic E-state index is 11.7. The Morgan fingerprint density at radius 1 is 1.50 bits per heavy atom. The molecule has 0 aliphatic carbocycles. The van der Waals surface area contributed by atoms with Crippen molar-refractivity contribution in [3.8, 4) is 0 Å². The second kappa shape index (κ2) is 7.90. The highest BCUT2D eigenvalue weighted by molar-refractivity contribution is 9.10. The van der Waals surface area contributed by atoms with Crippen LogP contribution in [0, 0.1) is 10.1 Å². The summed E-state index contributed by atoms with van der Waals surface area (Å²) in [6.45, 7) is 4.61. The first-order chi connectivity index (χ1) is 11.0. The highest BCUT2D eigenvalue weighted by Crippen LogP contribution is 2.24. The molecule has 1 aromatic rings. The summed E-state index contributed by atoms with van der Waals surface area (Å²) in [7, 11) is 0. The maximum absolute atomic E-state index is 11.7. The predicted octanol–water partition coefficient (Wildman–Crippen LogP) is 2.14. The number of halogens is 1. The molecule has 1 heterocycles. The van der Waals surface area contributed by atoms with Crippen molar-refractivity contribution < 1.29 is 24.4 Å². The number of rotatable bonds is 6. The number of nitro groups is 1. The van der Waals surface area contributed by atoms with Crippen LogP contribution in [0.5, 0.6) is 0 Å². The van der Waals surface area contributed by atoms with Gasteiger partial charge in [0.1, 0.15) is 17.3 Å². The lowest BCUT2D eigenvalue weighted by atomic mass is 10.2. The van der Waals surface area contributed by atoms with Gasteiger partial charge in [-0.25, -0.2) is 9.59 Å². The molecule has 0 aliphatic rings. The second-order valence-corrected chi connectivity index (χ2v) is 6.62. The van der Waals surface area contributed by atoms with E-state index in [2.05, 4.69) is 31.5 Å². The van der Waals surface area contributed by atoms with Crippen molar-refractivity contribution in [2.75, 3.05) is 11.9 Å². The number of hydrogen-bond acceptors (Lipinski definition) is 7. The van der Waals surface area contributed by atoms with E-state index in [9.17, 15) is 19.7 Å². The highest BCUT2D eigenvalue weighted by Gasteiger charge is 2.25. The number of alkyl carbamates (subject to hydrolysis) is 1. The van der Waals surface area contributed by atoms with Crippen LogP contribution in [0.1, 0.15) is 20.8 Å². The fourth-order valence-electron chi connectivity index (χ4n) is 1.57. The number of anilines is 1. The van der Waals surface area contributed by atoms with Crippen molar-refractivity contribution >= 4 is 39.5 Å². The van der Waals surface area contributed by atoms with Crippen molar-refractivity contribution in [3.63, 3.8) is 0 Å². The molecule has 11 heteroatoms. The molecule has 1 atom stereocenters. The van der Waals surface area contributed by atoms with Crippen LogP contribution in [-0.2, 0) is 9.53 Å². The van der Waals surface area contributed by atoms with E-state index in [1.807, 2.05) is 0 Å². The summed E-state index contributed by atoms with van der Waals surface area (Å²) in [6, 6.07) is 0.0378. The number of ether oxygens (including phenoxy) is 1. The number of hydrogen-bond donors (Lipinski definition) is 3. The minimum Gasteiger partial charge on any atom is -0.480 e. The first kappa shape index (κ1) is 19.6. The molecular weight excluding hydrogens is 388 g/mol. The van der Waals surface area contributed by atoms with E-state index in [-0.39, 0.29) is 12.2 Å². The van der Waals surface area contributed by atoms with Gasteiger partial charge in [-0.2, -0.15) is 0 Å². The summed E-state index contributed by atoms with van der Waals surface area (Å²) in [6.07, 6.45) is 0.343. The normalized spacial score (nSPS) is 12.2. The van der Waals surface area contributed by atoms with Gasteiger partial charge in [0.2, 0.25) is 0 Å². The quantitative estimate of drug-likeness (QED) is 0.482. The second-order valence-electron chi connectivity index (χ2n) is 5.70. The molecule has 1 aromatic heterocycles. The number of carbonyl (C=O) groups is 2. The fraction of sp³-hybridized carbons (Fsp3) is 0.462. The van der Waals surface area contributed by atoms with Crippen LogP contribution in [0.25, 0.3) is 0 Å². The molecule has 0 aliphatic heterocycles. The van der Waals surface area contributed by atoms with Gasteiger partial charge in [0.15, 0.2) is 6.20 Å². The van der Waals surface area contributed by atoms with Gasteiger partial charge >= 0.3 is 17.9 Å². The largest absolute Gasteiger partial charge is 0.480 e. The summed E-state index contributed by atoms with van der Waals surface area (Å²) in [4.78, 5) is 36.8. The van der Waals surface area contributed by atoms with E-state index in [1.165, 1.54) is 12.3 Å². The number of aromatic nitrogens is 1. The molecule has 0 radical (unpaired) electrons. The van der Waals surface area contributed by atoms with Crippen LogP contribution in [-0.4, -0.2) is 45.3 Å². The van der Waals surface area contributed by atoms with E-state index in [1.54, 1.807) is 20.8 Å². The number of carboxylic acids is 1. The van der Waals surface area contributed by atoms with E-state index < -0.39 is 34.4 Å². The van der Waals surface area contributed by atoms with Crippen molar-refractivity contribution in [1.82, 2.24) is 10.3 Å². The third kappa shape index (κ3) is 6.36. The lowest BCUT2D eigenvalue weighted by Crippen LogP contribution is -2.47. The van der Waals surface area contributed by atoms with Crippen LogP contribution in [0.2, 0.25) is 0 Å². The molecule has 132 valence electrons. The minimum atomic E-state index is -1.35. The Kier molecular flexibility index (Phi) is 6.46. The standard InChI is InChI=1S/C13H17BrN4O6/c1-13(2,3)24-12(21)17-9(11(19)20)6-15-8-4-7(14)5-16-10(8)18(22)23/h4-5,9,15H,6H2,1-3H3,(H,17,21)(H,19,20)/t9-/m0/s1. The Bertz CT molecular complexity index is 646. The molecule has 0 saturated carbocycles. The van der Waals surface area contributed by atoms with Gasteiger partial charge in [-0.05, 0) is 52.7 Å². The van der Waals surface area contributed by atoms with E-state index in [0.29, 0.717) is 4.47 Å². The zero-order valence-corrected chi connectivity index (χ0v) is 14.8. The Hall–Kier alpha value is -2.43. The molecule has 0 spiro atoms. The topological polar surface area (TPSA) is 144 Å². The molecule has 0 saturated heterocycles. The third-order valence-electron chi connectivity index (χ3n) is 2.49. The summed E-state index contributed by atoms with van der Waals surface area (Å²) >= 11 is 3.12. The third-order valence-corrected chi connectivity index (χ3v) is 2.93. The molecule has 3 N–H and O–H groups in total. The predicted molar refractivity (Wildman–Crippen MR) is 87.9 cm³/mol.